The molecule has 4 nitrogen and oxygen atoms in total. The zero-order valence-electron chi connectivity index (χ0n) is 9.49. The summed E-state index contributed by atoms with van der Waals surface area (Å²) in [6, 6.07) is 6.02. The molecule has 0 bridgehead atoms. The number of hydrogen-bond donors (Lipinski definition) is 2. The van der Waals surface area contributed by atoms with Crippen LogP contribution in [0.15, 0.2) is 18.2 Å². The van der Waals surface area contributed by atoms with E-state index >= 15 is 0 Å². The van der Waals surface area contributed by atoms with E-state index in [2.05, 4.69) is 5.32 Å². The number of carbonyl (C=O) groups excluding carboxylic acids is 1. The number of benzene rings is 1. The Kier molecular flexibility index (Phi) is 3.22. The Morgan fingerprint density at radius 2 is 2.31 bits per heavy atom. The van der Waals surface area contributed by atoms with E-state index in [0.29, 0.717) is 13.0 Å². The van der Waals surface area contributed by atoms with Crippen LogP contribution in [0.3, 0.4) is 0 Å². The van der Waals surface area contributed by atoms with Crippen LogP contribution in [0.4, 0.5) is 5.69 Å². The molecular weight excluding hydrogens is 202 g/mol. The molecule has 3 N–H and O–H groups in total. The molecule has 0 aromatic heterocycles. The van der Waals surface area contributed by atoms with Crippen molar-refractivity contribution in [1.29, 1.82) is 0 Å². The fraction of sp³-hybridized carbons (Fsp3) is 0.417. The van der Waals surface area contributed by atoms with Crippen LogP contribution in [0.2, 0.25) is 0 Å². The number of hydrogen-bond acceptors (Lipinski definition) is 3. The predicted molar refractivity (Wildman–Crippen MR) is 64.3 cm³/mol. The summed E-state index contributed by atoms with van der Waals surface area (Å²) in [5.74, 6) is 0.180. The molecule has 16 heavy (non-hydrogen) atoms. The van der Waals surface area contributed by atoms with Gasteiger partial charge in [0.2, 0.25) is 5.91 Å². The molecule has 1 aromatic carbocycles. The molecule has 2 rings (SSSR count). The first-order valence-electron chi connectivity index (χ1n) is 5.53. The fourth-order valence-corrected chi connectivity index (χ4v) is 2.03. The molecule has 0 atom stereocenters. The minimum Gasteiger partial charge on any atom is -0.326 e. The highest BCUT2D eigenvalue weighted by Gasteiger charge is 2.26. The summed E-state index contributed by atoms with van der Waals surface area (Å²) < 4.78 is 0. The summed E-state index contributed by atoms with van der Waals surface area (Å²) in [6.45, 7) is 2.06. The smallest absolute Gasteiger partial charge is 0.231 e. The Bertz CT molecular complexity index is 403. The van der Waals surface area contributed by atoms with Gasteiger partial charge in [0.15, 0.2) is 0 Å². The zero-order chi connectivity index (χ0) is 11.5. The van der Waals surface area contributed by atoms with Crippen LogP contribution < -0.4 is 16.0 Å². The predicted octanol–water partition coefficient (Wildman–Crippen LogP) is 0.254. The molecule has 1 aliphatic rings. The zero-order valence-corrected chi connectivity index (χ0v) is 9.49. The molecule has 0 unspecified atom stereocenters. The van der Waals surface area contributed by atoms with Crippen molar-refractivity contribution in [2.75, 3.05) is 25.0 Å². The minimum absolute atomic E-state index is 0.180. The van der Waals surface area contributed by atoms with Gasteiger partial charge in [-0.1, -0.05) is 12.1 Å². The first-order chi connectivity index (χ1) is 7.76. The maximum atomic E-state index is 11.8. The summed E-state index contributed by atoms with van der Waals surface area (Å²) in [6.07, 6.45) is 0.507. The van der Waals surface area contributed by atoms with Gasteiger partial charge in [0.05, 0.1) is 6.42 Å². The molecule has 1 amide bonds. The van der Waals surface area contributed by atoms with Gasteiger partial charge in [-0.2, -0.15) is 0 Å². The third-order valence-corrected chi connectivity index (χ3v) is 2.90. The molecule has 1 aromatic rings. The lowest BCUT2D eigenvalue weighted by Crippen LogP contribution is -2.33. The number of nitrogens with two attached hydrogens (primary N) is 1. The lowest BCUT2D eigenvalue weighted by atomic mass is 10.1. The highest BCUT2D eigenvalue weighted by atomic mass is 16.2. The summed E-state index contributed by atoms with van der Waals surface area (Å²) in [7, 11) is 1.89. The van der Waals surface area contributed by atoms with E-state index in [4.69, 9.17) is 5.73 Å². The quantitative estimate of drug-likeness (QED) is 0.763. The number of amides is 1. The average Bonchev–Trinajstić information content (AvgIpc) is 2.61. The van der Waals surface area contributed by atoms with E-state index in [1.54, 1.807) is 0 Å². The van der Waals surface area contributed by atoms with Crippen molar-refractivity contribution in [2.24, 2.45) is 5.73 Å². The Labute approximate surface area is 95.4 Å². The lowest BCUT2D eigenvalue weighted by molar-refractivity contribution is -0.117. The number of nitrogens with zero attached hydrogens (tertiary/aromatic N) is 1. The van der Waals surface area contributed by atoms with Gasteiger partial charge in [0, 0.05) is 25.3 Å². The Morgan fingerprint density at radius 3 is 3.00 bits per heavy atom. The SMILES string of the molecule is CNCCN1C(=O)Cc2cc(CN)ccc21. The Morgan fingerprint density at radius 1 is 1.50 bits per heavy atom. The summed E-state index contributed by atoms with van der Waals surface area (Å²) in [4.78, 5) is 13.6. The Balaban J connectivity index is 2.24. The molecule has 0 aliphatic carbocycles. The Hall–Kier alpha value is -1.39. The maximum absolute atomic E-state index is 11.8. The normalized spacial score (nSPS) is 14.4. The largest absolute Gasteiger partial charge is 0.326 e. The molecule has 0 radical (unpaired) electrons. The molecule has 1 heterocycles. The first-order valence-corrected chi connectivity index (χ1v) is 5.53. The van der Waals surface area contributed by atoms with Gasteiger partial charge in [-0.3, -0.25) is 4.79 Å². The summed E-state index contributed by atoms with van der Waals surface area (Å²) in [5.41, 5.74) is 8.81. The van der Waals surface area contributed by atoms with Gasteiger partial charge in [0.25, 0.3) is 0 Å². The van der Waals surface area contributed by atoms with Crippen LogP contribution in [0, 0.1) is 0 Å². The molecule has 0 spiro atoms. The van der Waals surface area contributed by atoms with Crippen molar-refractivity contribution in [3.05, 3.63) is 29.3 Å². The number of fused-ring (bicyclic) bond motifs is 1. The van der Waals surface area contributed by atoms with Crippen molar-refractivity contribution in [1.82, 2.24) is 5.32 Å². The lowest BCUT2D eigenvalue weighted by Gasteiger charge is -2.17. The van der Waals surface area contributed by atoms with E-state index in [1.807, 2.05) is 30.1 Å². The van der Waals surface area contributed by atoms with Gasteiger partial charge in [0.1, 0.15) is 0 Å². The highest BCUT2D eigenvalue weighted by Crippen LogP contribution is 2.29. The van der Waals surface area contributed by atoms with E-state index in [0.717, 1.165) is 29.9 Å². The van der Waals surface area contributed by atoms with Gasteiger partial charge in [-0.25, -0.2) is 0 Å². The van der Waals surface area contributed by atoms with Crippen molar-refractivity contribution in [3.8, 4) is 0 Å². The number of rotatable bonds is 4. The minimum atomic E-state index is 0.180. The van der Waals surface area contributed by atoms with Gasteiger partial charge in [-0.15, -0.1) is 0 Å². The van der Waals surface area contributed by atoms with Gasteiger partial charge in [-0.05, 0) is 24.2 Å². The summed E-state index contributed by atoms with van der Waals surface area (Å²) in [5, 5.41) is 3.05. The van der Waals surface area contributed by atoms with Crippen molar-refractivity contribution < 1.29 is 4.79 Å². The molecule has 0 fully saturated rings. The second-order valence-corrected chi connectivity index (χ2v) is 3.99. The molecule has 4 heteroatoms. The van der Waals surface area contributed by atoms with Crippen LogP contribution in [-0.2, 0) is 17.8 Å². The van der Waals surface area contributed by atoms with Crippen molar-refractivity contribution in [3.63, 3.8) is 0 Å². The second-order valence-electron chi connectivity index (χ2n) is 3.99. The third-order valence-electron chi connectivity index (χ3n) is 2.90. The second kappa shape index (κ2) is 4.63. The van der Waals surface area contributed by atoms with Crippen LogP contribution in [0.25, 0.3) is 0 Å². The van der Waals surface area contributed by atoms with Crippen LogP contribution in [-0.4, -0.2) is 26.0 Å². The number of anilines is 1. The maximum Gasteiger partial charge on any atom is 0.231 e. The molecule has 86 valence electrons. The van der Waals surface area contributed by atoms with Crippen LogP contribution in [0.5, 0.6) is 0 Å². The summed E-state index contributed by atoms with van der Waals surface area (Å²) >= 11 is 0. The van der Waals surface area contributed by atoms with Crippen molar-refractivity contribution in [2.45, 2.75) is 13.0 Å². The number of carbonyl (C=O) groups is 1. The number of nitrogens with one attached hydrogen (secondary N) is 1. The molecule has 1 aliphatic heterocycles. The average molecular weight is 219 g/mol. The fourth-order valence-electron chi connectivity index (χ4n) is 2.03. The standard InChI is InChI=1S/C12H17N3O/c1-14-4-5-15-11-3-2-9(8-13)6-10(11)7-12(15)16/h2-3,6,14H,4-5,7-8,13H2,1H3. The topological polar surface area (TPSA) is 58.4 Å². The van der Waals surface area contributed by atoms with E-state index in [9.17, 15) is 4.79 Å². The van der Waals surface area contributed by atoms with Crippen LogP contribution in [0.1, 0.15) is 11.1 Å². The van der Waals surface area contributed by atoms with E-state index in [1.165, 1.54) is 0 Å². The number of likely N-dealkylation sites (N-methyl/N-ethyl adjacent to an activating group) is 1. The van der Waals surface area contributed by atoms with Gasteiger partial charge < -0.3 is 16.0 Å². The molecule has 0 saturated carbocycles. The first kappa shape index (κ1) is 11.1. The molecule has 0 saturated heterocycles. The van der Waals surface area contributed by atoms with Crippen LogP contribution >= 0.6 is 0 Å². The van der Waals surface area contributed by atoms with E-state index < -0.39 is 0 Å². The molecular formula is C12H17N3O. The third kappa shape index (κ3) is 1.94. The van der Waals surface area contributed by atoms with Crippen molar-refractivity contribution >= 4 is 11.6 Å². The van der Waals surface area contributed by atoms with E-state index in [-0.39, 0.29) is 5.91 Å². The highest BCUT2D eigenvalue weighted by molar-refractivity contribution is 6.01. The monoisotopic (exact) mass is 219 g/mol. The van der Waals surface area contributed by atoms with Gasteiger partial charge >= 0.3 is 0 Å².